The lowest BCUT2D eigenvalue weighted by atomic mass is 10.1. The minimum Gasteiger partial charge on any atom is -0.390 e. The van der Waals surface area contributed by atoms with Gasteiger partial charge in [-0.2, -0.15) is 0 Å². The number of sulfonamides is 1. The van der Waals surface area contributed by atoms with Crippen LogP contribution >= 0.6 is 0 Å². The lowest BCUT2D eigenvalue weighted by Crippen LogP contribution is -2.36. The van der Waals surface area contributed by atoms with Crippen LogP contribution in [0.5, 0.6) is 0 Å². The third-order valence-corrected chi connectivity index (χ3v) is 5.94. The summed E-state index contributed by atoms with van der Waals surface area (Å²) < 4.78 is 29.6. The average molecular weight is 298 g/mol. The summed E-state index contributed by atoms with van der Waals surface area (Å²) >= 11 is 0. The molecule has 2 aliphatic rings. The van der Waals surface area contributed by atoms with Crippen LogP contribution in [0.15, 0.2) is 17.2 Å². The van der Waals surface area contributed by atoms with Crippen LogP contribution in [0.4, 0.5) is 0 Å². The zero-order valence-electron chi connectivity index (χ0n) is 11.7. The average Bonchev–Trinajstić information content (AvgIpc) is 3.03. The fourth-order valence-electron chi connectivity index (χ4n) is 3.05. The molecule has 0 aliphatic heterocycles. The number of nitrogens with one attached hydrogen (secondary N) is 1. The van der Waals surface area contributed by atoms with Crippen molar-refractivity contribution in [3.8, 4) is 0 Å². The summed E-state index contributed by atoms with van der Waals surface area (Å²) in [6.45, 7) is 1.97. The van der Waals surface area contributed by atoms with Crippen molar-refractivity contribution in [1.82, 2.24) is 9.29 Å². The number of rotatable bonds is 5. The van der Waals surface area contributed by atoms with E-state index in [1.807, 2.05) is 4.57 Å². The molecule has 2 atom stereocenters. The Morgan fingerprint density at radius 3 is 2.65 bits per heavy atom. The zero-order valence-corrected chi connectivity index (χ0v) is 12.6. The van der Waals surface area contributed by atoms with Gasteiger partial charge in [-0.25, -0.2) is 13.1 Å². The lowest BCUT2D eigenvalue weighted by Gasteiger charge is -2.16. The minimum absolute atomic E-state index is 0.0434. The number of aromatic nitrogens is 1. The summed E-state index contributed by atoms with van der Waals surface area (Å²) in [5, 5.41) is 9.36. The monoisotopic (exact) mass is 298 g/mol. The highest BCUT2D eigenvalue weighted by atomic mass is 32.2. The van der Waals surface area contributed by atoms with Gasteiger partial charge in [-0.15, -0.1) is 0 Å². The van der Waals surface area contributed by atoms with Gasteiger partial charge in [0, 0.05) is 24.0 Å². The fraction of sp³-hybridized carbons (Fsp3) is 0.714. The van der Waals surface area contributed by atoms with E-state index in [0.717, 1.165) is 32.1 Å². The first-order chi connectivity index (χ1) is 9.51. The number of hydrogen-bond donors (Lipinski definition) is 2. The maximum absolute atomic E-state index is 12.5. The van der Waals surface area contributed by atoms with E-state index in [4.69, 9.17) is 0 Å². The van der Waals surface area contributed by atoms with Gasteiger partial charge in [0.1, 0.15) is 0 Å². The summed E-state index contributed by atoms with van der Waals surface area (Å²) in [5.74, 6) is 0.396. The van der Waals surface area contributed by atoms with Gasteiger partial charge in [0.2, 0.25) is 10.0 Å². The largest absolute Gasteiger partial charge is 0.390 e. The topological polar surface area (TPSA) is 71.3 Å². The van der Waals surface area contributed by atoms with E-state index in [1.54, 1.807) is 12.3 Å². The predicted octanol–water partition coefficient (Wildman–Crippen LogP) is 1.78. The third kappa shape index (κ3) is 2.64. The van der Waals surface area contributed by atoms with E-state index in [-0.39, 0.29) is 17.5 Å². The van der Waals surface area contributed by atoms with Crippen molar-refractivity contribution in [3.63, 3.8) is 0 Å². The lowest BCUT2D eigenvalue weighted by molar-refractivity contribution is 0.270. The molecule has 2 unspecified atom stereocenters. The Morgan fingerprint density at radius 1 is 1.35 bits per heavy atom. The minimum atomic E-state index is -3.48. The second kappa shape index (κ2) is 5.16. The highest BCUT2D eigenvalue weighted by Crippen LogP contribution is 2.37. The normalized spacial score (nSPS) is 27.1. The van der Waals surface area contributed by atoms with E-state index in [9.17, 15) is 13.5 Å². The van der Waals surface area contributed by atoms with Crippen molar-refractivity contribution in [2.24, 2.45) is 5.92 Å². The van der Waals surface area contributed by atoms with Crippen LogP contribution in [-0.2, 0) is 16.6 Å². The first kappa shape index (κ1) is 14.1. The Bertz CT molecular complexity index is 590. The van der Waals surface area contributed by atoms with Gasteiger partial charge < -0.3 is 9.67 Å². The van der Waals surface area contributed by atoms with Gasteiger partial charge in [0.15, 0.2) is 0 Å². The fourth-order valence-corrected chi connectivity index (χ4v) is 4.48. The molecule has 5 nitrogen and oxygen atoms in total. The van der Waals surface area contributed by atoms with Crippen molar-refractivity contribution in [3.05, 3.63) is 18.0 Å². The molecule has 2 N–H and O–H groups in total. The van der Waals surface area contributed by atoms with Crippen molar-refractivity contribution < 1.29 is 13.5 Å². The molecule has 20 heavy (non-hydrogen) atoms. The Labute approximate surface area is 120 Å². The van der Waals surface area contributed by atoms with Gasteiger partial charge in [-0.05, 0) is 37.7 Å². The standard InChI is InChI=1S/C14H22N2O3S/c1-10-3-2-4-14(10)15-20(18,19)13-7-12(9-17)16(8-13)11-5-6-11/h7-8,10-11,14-15,17H,2-6,9H2,1H3. The quantitative estimate of drug-likeness (QED) is 0.870. The van der Waals surface area contributed by atoms with Gasteiger partial charge in [-0.1, -0.05) is 13.3 Å². The van der Waals surface area contributed by atoms with Crippen molar-refractivity contribution >= 4 is 10.0 Å². The molecule has 0 spiro atoms. The molecule has 0 amide bonds. The van der Waals surface area contributed by atoms with Crippen LogP contribution in [0.1, 0.15) is 50.8 Å². The Hall–Kier alpha value is -0.850. The molecular weight excluding hydrogens is 276 g/mol. The Balaban J connectivity index is 1.83. The Morgan fingerprint density at radius 2 is 2.10 bits per heavy atom. The van der Waals surface area contributed by atoms with Gasteiger partial charge in [0.05, 0.1) is 11.5 Å². The molecule has 112 valence electrons. The molecule has 1 aromatic rings. The van der Waals surface area contributed by atoms with Crippen LogP contribution in [-0.4, -0.2) is 24.1 Å². The predicted molar refractivity (Wildman–Crippen MR) is 75.8 cm³/mol. The maximum atomic E-state index is 12.5. The molecule has 2 aliphatic carbocycles. The molecule has 1 aromatic heterocycles. The number of hydrogen-bond acceptors (Lipinski definition) is 3. The first-order valence-corrected chi connectivity index (χ1v) is 8.83. The molecule has 0 aromatic carbocycles. The van der Waals surface area contributed by atoms with Crippen LogP contribution < -0.4 is 4.72 Å². The van der Waals surface area contributed by atoms with E-state index in [2.05, 4.69) is 11.6 Å². The van der Waals surface area contributed by atoms with E-state index >= 15 is 0 Å². The number of nitrogens with zero attached hydrogens (tertiary/aromatic N) is 1. The molecule has 6 heteroatoms. The summed E-state index contributed by atoms with van der Waals surface area (Å²) in [5.41, 5.74) is 0.687. The van der Waals surface area contributed by atoms with Crippen molar-refractivity contribution in [1.29, 1.82) is 0 Å². The van der Waals surface area contributed by atoms with Crippen molar-refractivity contribution in [2.45, 2.75) is 62.6 Å². The molecule has 2 fully saturated rings. The second-order valence-electron chi connectivity index (χ2n) is 6.10. The van der Waals surface area contributed by atoms with Crippen LogP contribution in [0.25, 0.3) is 0 Å². The number of aliphatic hydroxyl groups excluding tert-OH is 1. The summed E-state index contributed by atoms with van der Waals surface area (Å²) in [6.07, 6.45) is 6.88. The third-order valence-electron chi connectivity index (χ3n) is 4.49. The summed E-state index contributed by atoms with van der Waals surface area (Å²) in [7, 11) is -3.48. The summed E-state index contributed by atoms with van der Waals surface area (Å²) in [6, 6.07) is 2.01. The van der Waals surface area contributed by atoms with Gasteiger partial charge >= 0.3 is 0 Å². The van der Waals surface area contributed by atoms with Crippen molar-refractivity contribution in [2.75, 3.05) is 0 Å². The maximum Gasteiger partial charge on any atom is 0.242 e. The molecule has 3 rings (SSSR count). The van der Waals surface area contributed by atoms with E-state index in [1.165, 1.54) is 0 Å². The highest BCUT2D eigenvalue weighted by molar-refractivity contribution is 7.89. The van der Waals surface area contributed by atoms with E-state index < -0.39 is 10.0 Å². The first-order valence-electron chi connectivity index (χ1n) is 7.35. The number of aliphatic hydroxyl groups is 1. The second-order valence-corrected chi connectivity index (χ2v) is 7.81. The van der Waals surface area contributed by atoms with Gasteiger partial charge in [-0.3, -0.25) is 0 Å². The molecule has 0 saturated heterocycles. The van der Waals surface area contributed by atoms with Crippen LogP contribution in [0.3, 0.4) is 0 Å². The highest BCUT2D eigenvalue weighted by Gasteiger charge is 2.31. The molecule has 0 radical (unpaired) electrons. The van der Waals surface area contributed by atoms with E-state index in [0.29, 0.717) is 17.7 Å². The molecule has 1 heterocycles. The molecular formula is C14H22N2O3S. The zero-order chi connectivity index (χ0) is 14.3. The molecule has 0 bridgehead atoms. The van der Waals surface area contributed by atoms with Crippen LogP contribution in [0.2, 0.25) is 0 Å². The van der Waals surface area contributed by atoms with Gasteiger partial charge in [0.25, 0.3) is 0 Å². The van der Waals surface area contributed by atoms with Crippen LogP contribution in [0, 0.1) is 5.92 Å². The smallest absolute Gasteiger partial charge is 0.242 e. The Kier molecular flexibility index (Phi) is 3.64. The molecule has 2 saturated carbocycles. The summed E-state index contributed by atoms with van der Waals surface area (Å²) in [4.78, 5) is 0.285. The SMILES string of the molecule is CC1CCCC1NS(=O)(=O)c1cc(CO)n(C2CC2)c1.